The van der Waals surface area contributed by atoms with Crippen molar-refractivity contribution in [2.45, 2.75) is 6.54 Å². The zero-order chi connectivity index (χ0) is 22.7. The lowest BCUT2D eigenvalue weighted by Gasteiger charge is -2.17. The van der Waals surface area contributed by atoms with Gasteiger partial charge in [0, 0.05) is 22.0 Å². The van der Waals surface area contributed by atoms with Crippen molar-refractivity contribution < 1.29 is 14.3 Å². The van der Waals surface area contributed by atoms with Crippen LogP contribution in [0.4, 0.5) is 11.4 Å². The smallest absolute Gasteiger partial charge is 0.264 e. The maximum absolute atomic E-state index is 12.6. The van der Waals surface area contributed by atoms with Crippen LogP contribution in [-0.2, 0) is 11.3 Å². The van der Waals surface area contributed by atoms with Crippen molar-refractivity contribution in [1.29, 1.82) is 0 Å². The summed E-state index contributed by atoms with van der Waals surface area (Å²) in [4.78, 5) is 26.4. The summed E-state index contributed by atoms with van der Waals surface area (Å²) in [5.74, 6) is -0.116. The Morgan fingerprint density at radius 2 is 1.81 bits per heavy atom. The van der Waals surface area contributed by atoms with Gasteiger partial charge in [0.05, 0.1) is 11.6 Å². The summed E-state index contributed by atoms with van der Waals surface area (Å²) < 4.78 is 5.39. The number of fused-ring (bicyclic) bond motifs is 1. The first-order valence-corrected chi connectivity index (χ1v) is 10.8. The van der Waals surface area contributed by atoms with Gasteiger partial charge in [-0.25, -0.2) is 0 Å². The van der Waals surface area contributed by atoms with E-state index >= 15 is 0 Å². The zero-order valence-corrected chi connectivity index (χ0v) is 18.9. The number of halogens is 2. The first-order chi connectivity index (χ1) is 15.4. The summed E-state index contributed by atoms with van der Waals surface area (Å²) in [5.41, 5.74) is 3.18. The Bertz CT molecular complexity index is 1200. The normalized spacial score (nSPS) is 12.3. The second-order valence-electron chi connectivity index (χ2n) is 6.96. The van der Waals surface area contributed by atoms with E-state index < -0.39 is 5.91 Å². The van der Waals surface area contributed by atoms with Crippen molar-refractivity contribution >= 4 is 63.7 Å². The van der Waals surface area contributed by atoms with E-state index in [1.807, 2.05) is 36.4 Å². The van der Waals surface area contributed by atoms with Crippen molar-refractivity contribution in [3.05, 3.63) is 87.9 Å². The molecule has 0 fully saturated rings. The minimum Gasteiger partial charge on any atom is -0.482 e. The molecule has 0 atom stereocenters. The summed E-state index contributed by atoms with van der Waals surface area (Å²) in [6.45, 7) is 0.271. The van der Waals surface area contributed by atoms with E-state index in [-0.39, 0.29) is 17.6 Å². The van der Waals surface area contributed by atoms with E-state index in [1.165, 1.54) is 6.07 Å². The van der Waals surface area contributed by atoms with Gasteiger partial charge in [-0.3, -0.25) is 14.9 Å². The molecule has 1 aliphatic heterocycles. The molecule has 4 rings (SSSR count). The molecule has 1 aliphatic rings. The van der Waals surface area contributed by atoms with E-state index in [0.717, 1.165) is 16.8 Å². The highest BCUT2D eigenvalue weighted by molar-refractivity contribution is 7.80. The largest absolute Gasteiger partial charge is 0.482 e. The third-order valence-corrected chi connectivity index (χ3v) is 5.50. The molecule has 3 aromatic rings. The molecule has 2 N–H and O–H groups in total. The number of rotatable bonds is 5. The predicted octanol–water partition coefficient (Wildman–Crippen LogP) is 5.05. The van der Waals surface area contributed by atoms with Crippen LogP contribution in [0, 0.1) is 0 Å². The number of hydrogen-bond acceptors (Lipinski definition) is 4. The van der Waals surface area contributed by atoms with Crippen molar-refractivity contribution in [2.75, 3.05) is 16.8 Å². The Hall–Kier alpha value is -3.13. The van der Waals surface area contributed by atoms with Crippen LogP contribution in [0.15, 0.2) is 66.7 Å². The number of carbonyl (C=O) groups is 2. The molecule has 0 saturated heterocycles. The number of ether oxygens (including phenoxy) is 1. The highest BCUT2D eigenvalue weighted by Gasteiger charge is 2.27. The predicted molar refractivity (Wildman–Crippen MR) is 130 cm³/mol. The van der Waals surface area contributed by atoms with Gasteiger partial charge in [-0.2, -0.15) is 0 Å². The Labute approximate surface area is 200 Å². The minimum atomic E-state index is -0.439. The van der Waals surface area contributed by atoms with Crippen molar-refractivity contribution in [3.8, 4) is 5.75 Å². The van der Waals surface area contributed by atoms with Crippen LogP contribution in [0.1, 0.15) is 15.9 Å². The van der Waals surface area contributed by atoms with Gasteiger partial charge in [0.15, 0.2) is 11.7 Å². The van der Waals surface area contributed by atoms with Crippen LogP contribution < -0.4 is 20.3 Å². The molecule has 0 bridgehead atoms. The third kappa shape index (κ3) is 5.02. The number of amides is 2. The summed E-state index contributed by atoms with van der Waals surface area (Å²) in [5, 5.41) is 6.38. The molecule has 0 spiro atoms. The van der Waals surface area contributed by atoms with E-state index in [4.69, 9.17) is 40.2 Å². The fraction of sp³-hybridized carbons (Fsp3) is 0.0870. The molecule has 2 amide bonds. The second kappa shape index (κ2) is 9.56. The van der Waals surface area contributed by atoms with Crippen molar-refractivity contribution in [1.82, 2.24) is 5.32 Å². The molecule has 3 aromatic carbocycles. The molecule has 0 aromatic heterocycles. The number of anilines is 2. The lowest BCUT2D eigenvalue weighted by atomic mass is 10.1. The molecule has 0 radical (unpaired) electrons. The molecule has 0 aliphatic carbocycles. The Morgan fingerprint density at radius 1 is 1.06 bits per heavy atom. The van der Waals surface area contributed by atoms with Gasteiger partial charge in [-0.15, -0.1) is 0 Å². The zero-order valence-electron chi connectivity index (χ0n) is 16.6. The van der Waals surface area contributed by atoms with Gasteiger partial charge in [0.1, 0.15) is 5.75 Å². The quantitative estimate of drug-likeness (QED) is 0.495. The molecule has 162 valence electrons. The van der Waals surface area contributed by atoms with E-state index in [0.29, 0.717) is 28.0 Å². The maximum atomic E-state index is 12.6. The molecular weight excluding hydrogens is 469 g/mol. The first kappa shape index (κ1) is 22.1. The number of nitrogens with zero attached hydrogens (tertiary/aromatic N) is 1. The minimum absolute atomic E-state index is 0.0233. The topological polar surface area (TPSA) is 70.7 Å². The number of carbonyl (C=O) groups excluding carboxylic acids is 2. The van der Waals surface area contributed by atoms with Gasteiger partial charge in [-0.1, -0.05) is 41.4 Å². The Balaban J connectivity index is 1.29. The van der Waals surface area contributed by atoms with Crippen LogP contribution in [-0.4, -0.2) is 23.5 Å². The summed E-state index contributed by atoms with van der Waals surface area (Å²) in [6.07, 6.45) is 0. The van der Waals surface area contributed by atoms with E-state index in [9.17, 15) is 9.59 Å². The van der Waals surface area contributed by atoms with Gasteiger partial charge >= 0.3 is 0 Å². The monoisotopic (exact) mass is 485 g/mol. The van der Waals surface area contributed by atoms with Crippen LogP contribution >= 0.6 is 35.4 Å². The fourth-order valence-corrected chi connectivity index (χ4v) is 3.94. The average Bonchev–Trinajstić information content (AvgIpc) is 3.10. The number of benzene rings is 3. The van der Waals surface area contributed by atoms with Gasteiger partial charge in [-0.05, 0) is 66.3 Å². The average molecular weight is 486 g/mol. The van der Waals surface area contributed by atoms with Crippen LogP contribution in [0.3, 0.4) is 0 Å². The SMILES string of the molecule is O=C(COc1ccc(Cl)cc1Cl)NC(=S)Nc1ccc(N2Cc3ccccc3C2=O)cc1. The fourth-order valence-electron chi connectivity index (χ4n) is 3.25. The lowest BCUT2D eigenvalue weighted by Crippen LogP contribution is -2.37. The second-order valence-corrected chi connectivity index (χ2v) is 8.21. The van der Waals surface area contributed by atoms with Crippen LogP contribution in [0.25, 0.3) is 0 Å². The molecule has 9 heteroatoms. The Kier molecular flexibility index (Phi) is 6.60. The summed E-state index contributed by atoms with van der Waals surface area (Å²) in [7, 11) is 0. The lowest BCUT2D eigenvalue weighted by molar-refractivity contribution is -0.121. The molecule has 0 unspecified atom stereocenters. The molecule has 1 heterocycles. The number of nitrogens with one attached hydrogen (secondary N) is 2. The molecular formula is C23H17Cl2N3O3S. The van der Waals surface area contributed by atoms with E-state index in [1.54, 1.807) is 29.2 Å². The maximum Gasteiger partial charge on any atom is 0.264 e. The highest BCUT2D eigenvalue weighted by Crippen LogP contribution is 2.29. The summed E-state index contributed by atoms with van der Waals surface area (Å²) >= 11 is 17.0. The summed E-state index contributed by atoms with van der Waals surface area (Å²) in [6, 6.07) is 19.5. The van der Waals surface area contributed by atoms with E-state index in [2.05, 4.69) is 10.6 Å². The van der Waals surface area contributed by atoms with Crippen LogP contribution in [0.2, 0.25) is 10.0 Å². The number of thiocarbonyl (C=S) groups is 1. The van der Waals surface area contributed by atoms with Gasteiger partial charge < -0.3 is 15.0 Å². The van der Waals surface area contributed by atoms with Gasteiger partial charge in [0.25, 0.3) is 11.8 Å². The molecule has 6 nitrogen and oxygen atoms in total. The highest BCUT2D eigenvalue weighted by atomic mass is 35.5. The molecule has 0 saturated carbocycles. The standard InChI is InChI=1S/C23H17Cl2N3O3S/c24-15-5-10-20(19(25)11-15)31-13-21(29)27-23(32)26-16-6-8-17(9-7-16)28-12-14-3-1-2-4-18(14)22(28)30/h1-11H,12-13H2,(H2,26,27,29,32). The first-order valence-electron chi connectivity index (χ1n) is 9.59. The molecule has 32 heavy (non-hydrogen) atoms. The Morgan fingerprint density at radius 3 is 2.53 bits per heavy atom. The van der Waals surface area contributed by atoms with Crippen molar-refractivity contribution in [2.24, 2.45) is 0 Å². The third-order valence-electron chi connectivity index (χ3n) is 4.76. The number of hydrogen-bond donors (Lipinski definition) is 2. The van der Waals surface area contributed by atoms with Crippen LogP contribution in [0.5, 0.6) is 5.75 Å². The van der Waals surface area contributed by atoms with Gasteiger partial charge in [0.2, 0.25) is 0 Å². The van der Waals surface area contributed by atoms with Crippen molar-refractivity contribution in [3.63, 3.8) is 0 Å².